The SMILES string of the molecule is CCOC(=O)c1nnn(-c2nonc2N)c1CN1CCC(Cc2ccccc2)CC1. The van der Waals surface area contributed by atoms with Gasteiger partial charge in [-0.2, -0.15) is 4.68 Å². The number of nitrogen functional groups attached to an aromatic ring is 1. The summed E-state index contributed by atoms with van der Waals surface area (Å²) < 4.78 is 11.2. The molecule has 3 heterocycles. The summed E-state index contributed by atoms with van der Waals surface area (Å²) in [7, 11) is 0. The van der Waals surface area contributed by atoms with E-state index in [-0.39, 0.29) is 23.9 Å². The minimum atomic E-state index is -0.521. The summed E-state index contributed by atoms with van der Waals surface area (Å²) in [5.74, 6) is 0.421. The molecule has 158 valence electrons. The number of anilines is 1. The Morgan fingerprint density at radius 1 is 1.23 bits per heavy atom. The van der Waals surface area contributed by atoms with Crippen LogP contribution in [0.2, 0.25) is 0 Å². The van der Waals surface area contributed by atoms with Gasteiger partial charge >= 0.3 is 5.97 Å². The van der Waals surface area contributed by atoms with Gasteiger partial charge in [0.15, 0.2) is 5.69 Å². The van der Waals surface area contributed by atoms with Crippen LogP contribution in [0.5, 0.6) is 0 Å². The molecule has 30 heavy (non-hydrogen) atoms. The summed E-state index contributed by atoms with van der Waals surface area (Å²) in [5.41, 5.74) is 7.92. The summed E-state index contributed by atoms with van der Waals surface area (Å²) in [4.78, 5) is 14.7. The van der Waals surface area contributed by atoms with Crippen molar-refractivity contribution in [3.05, 3.63) is 47.3 Å². The fourth-order valence-electron chi connectivity index (χ4n) is 3.82. The largest absolute Gasteiger partial charge is 0.461 e. The van der Waals surface area contributed by atoms with Crippen LogP contribution in [0.1, 0.15) is 41.5 Å². The van der Waals surface area contributed by atoms with Crippen molar-refractivity contribution in [2.75, 3.05) is 25.4 Å². The van der Waals surface area contributed by atoms with Crippen molar-refractivity contribution in [1.29, 1.82) is 0 Å². The molecule has 0 amide bonds. The Labute approximate surface area is 173 Å². The van der Waals surface area contributed by atoms with Gasteiger partial charge in [-0.05, 0) is 61.1 Å². The minimum absolute atomic E-state index is 0.0816. The van der Waals surface area contributed by atoms with Gasteiger partial charge < -0.3 is 10.5 Å². The van der Waals surface area contributed by atoms with Crippen LogP contribution >= 0.6 is 0 Å². The summed E-state index contributed by atoms with van der Waals surface area (Å²) in [5, 5.41) is 15.5. The Morgan fingerprint density at radius 2 is 2.00 bits per heavy atom. The molecule has 0 spiro atoms. The first-order valence-electron chi connectivity index (χ1n) is 10.1. The summed E-state index contributed by atoms with van der Waals surface area (Å²) in [6.45, 7) is 4.31. The highest BCUT2D eigenvalue weighted by atomic mass is 16.6. The van der Waals surface area contributed by atoms with Crippen LogP contribution in [0.4, 0.5) is 5.82 Å². The zero-order chi connectivity index (χ0) is 20.9. The molecule has 1 fully saturated rings. The summed E-state index contributed by atoms with van der Waals surface area (Å²) >= 11 is 0. The Balaban J connectivity index is 1.48. The number of carbonyl (C=O) groups excluding carboxylic acids is 1. The highest BCUT2D eigenvalue weighted by Crippen LogP contribution is 2.24. The van der Waals surface area contributed by atoms with Gasteiger partial charge in [-0.3, -0.25) is 4.90 Å². The molecule has 0 radical (unpaired) electrons. The lowest BCUT2D eigenvalue weighted by Crippen LogP contribution is -2.35. The molecule has 1 aliphatic heterocycles. The molecule has 1 aromatic carbocycles. The minimum Gasteiger partial charge on any atom is -0.461 e. The van der Waals surface area contributed by atoms with Crippen LogP contribution < -0.4 is 5.73 Å². The topological polar surface area (TPSA) is 125 Å². The smallest absolute Gasteiger partial charge is 0.360 e. The molecule has 3 aromatic rings. The fraction of sp³-hybridized carbons (Fsp3) is 0.450. The maximum atomic E-state index is 12.4. The Bertz CT molecular complexity index is 977. The first-order chi connectivity index (χ1) is 14.7. The zero-order valence-corrected chi connectivity index (χ0v) is 16.9. The third-order valence-corrected chi connectivity index (χ3v) is 5.38. The van der Waals surface area contributed by atoms with Gasteiger partial charge in [-0.1, -0.05) is 35.5 Å². The number of esters is 1. The second-order valence-corrected chi connectivity index (χ2v) is 7.40. The fourth-order valence-corrected chi connectivity index (χ4v) is 3.82. The van der Waals surface area contributed by atoms with E-state index in [2.05, 4.69) is 54.4 Å². The number of hydrogen-bond acceptors (Lipinski definition) is 9. The molecule has 10 nitrogen and oxygen atoms in total. The quantitative estimate of drug-likeness (QED) is 0.580. The molecule has 0 saturated carbocycles. The van der Waals surface area contributed by atoms with E-state index in [1.54, 1.807) is 6.92 Å². The number of nitrogens with zero attached hydrogens (tertiary/aromatic N) is 6. The van der Waals surface area contributed by atoms with E-state index in [4.69, 9.17) is 10.5 Å². The maximum absolute atomic E-state index is 12.4. The van der Waals surface area contributed by atoms with E-state index in [0.29, 0.717) is 18.2 Å². The highest BCUT2D eigenvalue weighted by molar-refractivity contribution is 5.88. The van der Waals surface area contributed by atoms with E-state index < -0.39 is 5.97 Å². The number of benzene rings is 1. The van der Waals surface area contributed by atoms with Crippen molar-refractivity contribution in [3.63, 3.8) is 0 Å². The number of piperidine rings is 1. The molecule has 10 heteroatoms. The van der Waals surface area contributed by atoms with Crippen molar-refractivity contribution in [2.45, 2.75) is 32.7 Å². The second-order valence-electron chi connectivity index (χ2n) is 7.40. The zero-order valence-electron chi connectivity index (χ0n) is 16.9. The van der Waals surface area contributed by atoms with Gasteiger partial charge in [-0.15, -0.1) is 5.10 Å². The molecule has 0 bridgehead atoms. The van der Waals surface area contributed by atoms with Crippen LogP contribution in [0.3, 0.4) is 0 Å². The van der Waals surface area contributed by atoms with E-state index in [9.17, 15) is 4.79 Å². The Hall–Kier alpha value is -3.27. The monoisotopic (exact) mass is 411 g/mol. The number of carbonyl (C=O) groups is 1. The van der Waals surface area contributed by atoms with E-state index in [0.717, 1.165) is 32.4 Å². The van der Waals surface area contributed by atoms with Gasteiger partial charge in [0.1, 0.15) is 0 Å². The van der Waals surface area contributed by atoms with Crippen molar-refractivity contribution in [3.8, 4) is 5.82 Å². The first kappa shape index (κ1) is 20.0. The molecule has 0 aliphatic carbocycles. The van der Waals surface area contributed by atoms with Crippen LogP contribution in [0.15, 0.2) is 35.0 Å². The normalized spacial score (nSPS) is 15.4. The lowest BCUT2D eigenvalue weighted by molar-refractivity contribution is 0.0516. The Kier molecular flexibility index (Phi) is 6.03. The maximum Gasteiger partial charge on any atom is 0.360 e. The van der Waals surface area contributed by atoms with Crippen LogP contribution in [0.25, 0.3) is 5.82 Å². The van der Waals surface area contributed by atoms with Gasteiger partial charge in [0.25, 0.3) is 0 Å². The second kappa shape index (κ2) is 9.04. The van der Waals surface area contributed by atoms with Gasteiger partial charge in [-0.25, -0.2) is 9.42 Å². The standard InChI is InChI=1S/C20H25N7O3/c1-2-29-20(28)17-16(27(25-22-17)19-18(21)23-30-24-19)13-26-10-8-15(9-11-26)12-14-6-4-3-5-7-14/h3-7,15H,2,8-13H2,1H3,(H2,21,23). The highest BCUT2D eigenvalue weighted by Gasteiger charge is 2.28. The third-order valence-electron chi connectivity index (χ3n) is 5.38. The predicted octanol–water partition coefficient (Wildman–Crippen LogP) is 1.86. The number of likely N-dealkylation sites (tertiary alicyclic amines) is 1. The molecule has 2 aromatic heterocycles. The predicted molar refractivity (Wildman–Crippen MR) is 108 cm³/mol. The van der Waals surface area contributed by atoms with Crippen LogP contribution in [-0.2, 0) is 17.7 Å². The number of ether oxygens (including phenoxy) is 1. The van der Waals surface area contributed by atoms with Crippen LogP contribution in [0, 0.1) is 5.92 Å². The first-order valence-corrected chi connectivity index (χ1v) is 10.1. The lowest BCUT2D eigenvalue weighted by Gasteiger charge is -2.32. The average molecular weight is 411 g/mol. The number of aromatic nitrogens is 5. The summed E-state index contributed by atoms with van der Waals surface area (Å²) in [6.07, 6.45) is 3.25. The summed E-state index contributed by atoms with van der Waals surface area (Å²) in [6, 6.07) is 10.6. The van der Waals surface area contributed by atoms with Crippen molar-refractivity contribution in [1.82, 2.24) is 30.2 Å². The third kappa shape index (κ3) is 4.33. The number of hydrogen-bond donors (Lipinski definition) is 1. The molecule has 0 atom stereocenters. The van der Waals surface area contributed by atoms with Gasteiger partial charge in [0.05, 0.1) is 12.3 Å². The molecule has 0 unspecified atom stereocenters. The van der Waals surface area contributed by atoms with Gasteiger partial charge in [0, 0.05) is 6.54 Å². The number of rotatable bonds is 7. The average Bonchev–Trinajstić information content (AvgIpc) is 3.36. The van der Waals surface area contributed by atoms with Gasteiger partial charge in [0.2, 0.25) is 11.6 Å². The van der Waals surface area contributed by atoms with E-state index in [1.165, 1.54) is 10.2 Å². The molecule has 2 N–H and O–H groups in total. The van der Waals surface area contributed by atoms with Crippen molar-refractivity contribution < 1.29 is 14.2 Å². The Morgan fingerprint density at radius 3 is 2.67 bits per heavy atom. The molecule has 1 saturated heterocycles. The van der Waals surface area contributed by atoms with Crippen molar-refractivity contribution in [2.24, 2.45) is 5.92 Å². The van der Waals surface area contributed by atoms with Crippen LogP contribution in [-0.4, -0.2) is 55.9 Å². The lowest BCUT2D eigenvalue weighted by atomic mass is 9.90. The van der Waals surface area contributed by atoms with Crippen molar-refractivity contribution >= 4 is 11.8 Å². The van der Waals surface area contributed by atoms with E-state index >= 15 is 0 Å². The number of nitrogens with two attached hydrogens (primary N) is 1. The molecule has 4 rings (SSSR count). The molecular weight excluding hydrogens is 386 g/mol. The molecule has 1 aliphatic rings. The van der Waals surface area contributed by atoms with E-state index in [1.807, 2.05) is 6.07 Å². The molecular formula is C20H25N7O3.